The fourth-order valence-corrected chi connectivity index (χ4v) is 2.08. The lowest BCUT2D eigenvalue weighted by Crippen LogP contribution is -2.54. The molecule has 0 aromatic rings. The zero-order chi connectivity index (χ0) is 14.7. The Balaban J connectivity index is 5.88. The van der Waals surface area contributed by atoms with Gasteiger partial charge in [0.05, 0.1) is 5.41 Å². The second kappa shape index (κ2) is 5.58. The number of alkyl halides is 3. The molecule has 0 saturated carbocycles. The Labute approximate surface area is 103 Å². The van der Waals surface area contributed by atoms with Gasteiger partial charge in [-0.05, 0) is 19.8 Å². The van der Waals surface area contributed by atoms with E-state index in [9.17, 15) is 22.8 Å². The smallest absolute Gasteiger partial charge is 0.313 e. The van der Waals surface area contributed by atoms with Crippen molar-refractivity contribution in [2.24, 2.45) is 11.3 Å². The van der Waals surface area contributed by atoms with E-state index in [4.69, 9.17) is 10.2 Å². The van der Waals surface area contributed by atoms with Crippen molar-refractivity contribution < 1.29 is 33.0 Å². The van der Waals surface area contributed by atoms with E-state index >= 15 is 0 Å². The van der Waals surface area contributed by atoms with E-state index in [0.717, 1.165) is 0 Å². The molecule has 7 heteroatoms. The third-order valence-corrected chi connectivity index (χ3v) is 3.40. The van der Waals surface area contributed by atoms with Crippen LogP contribution in [0.25, 0.3) is 0 Å². The number of carbonyl (C=O) groups is 2. The van der Waals surface area contributed by atoms with E-state index in [1.54, 1.807) is 0 Å². The van der Waals surface area contributed by atoms with Gasteiger partial charge in [-0.15, -0.1) is 0 Å². The highest BCUT2D eigenvalue weighted by atomic mass is 19.3. The third-order valence-electron chi connectivity index (χ3n) is 3.40. The van der Waals surface area contributed by atoms with Crippen molar-refractivity contribution in [1.82, 2.24) is 0 Å². The summed E-state index contributed by atoms with van der Waals surface area (Å²) in [7, 11) is 0. The van der Waals surface area contributed by atoms with Gasteiger partial charge in [0.1, 0.15) is 5.92 Å². The molecule has 106 valence electrons. The highest BCUT2D eigenvalue weighted by Gasteiger charge is 2.61. The first-order valence-electron chi connectivity index (χ1n) is 5.56. The quantitative estimate of drug-likeness (QED) is 0.745. The predicted molar refractivity (Wildman–Crippen MR) is 57.3 cm³/mol. The number of hydrogen-bond donors (Lipinski definition) is 2. The summed E-state index contributed by atoms with van der Waals surface area (Å²) in [6.45, 7) is 3.12. The molecule has 0 fully saturated rings. The molecule has 0 rings (SSSR count). The van der Waals surface area contributed by atoms with Crippen LogP contribution < -0.4 is 0 Å². The Morgan fingerprint density at radius 3 is 1.72 bits per heavy atom. The minimum atomic E-state index is -4.24. The van der Waals surface area contributed by atoms with Crippen LogP contribution in [0.5, 0.6) is 0 Å². The average molecular weight is 270 g/mol. The Morgan fingerprint density at radius 2 is 1.56 bits per heavy atom. The number of halogens is 3. The van der Waals surface area contributed by atoms with E-state index in [2.05, 4.69) is 0 Å². The van der Waals surface area contributed by atoms with Gasteiger partial charge in [0, 0.05) is 0 Å². The van der Waals surface area contributed by atoms with Gasteiger partial charge >= 0.3 is 11.9 Å². The lowest BCUT2D eigenvalue weighted by Gasteiger charge is -2.37. The molecule has 18 heavy (non-hydrogen) atoms. The van der Waals surface area contributed by atoms with Crippen molar-refractivity contribution in [1.29, 1.82) is 0 Å². The predicted octanol–water partition coefficient (Wildman–Crippen LogP) is 2.57. The van der Waals surface area contributed by atoms with E-state index in [0.29, 0.717) is 6.92 Å². The number of carboxylic acids is 2. The molecule has 0 aliphatic heterocycles. The average Bonchev–Trinajstić information content (AvgIpc) is 2.23. The van der Waals surface area contributed by atoms with Crippen molar-refractivity contribution in [3.05, 3.63) is 0 Å². The summed E-state index contributed by atoms with van der Waals surface area (Å²) in [5, 5.41) is 18.0. The van der Waals surface area contributed by atoms with Crippen LogP contribution in [0.15, 0.2) is 0 Å². The molecule has 2 atom stereocenters. The topological polar surface area (TPSA) is 74.6 Å². The Bertz CT molecular complexity index is 324. The van der Waals surface area contributed by atoms with E-state index < -0.39 is 35.4 Å². The minimum Gasteiger partial charge on any atom is -0.481 e. The molecule has 0 aromatic heterocycles. The molecule has 0 spiro atoms. The fraction of sp³-hybridized carbons (Fsp3) is 0.818. The van der Waals surface area contributed by atoms with E-state index in [1.807, 2.05) is 0 Å². The molecular weight excluding hydrogens is 253 g/mol. The number of aliphatic carboxylic acids is 2. The molecule has 2 unspecified atom stereocenters. The SMILES string of the molecule is CCC(CC)(C(=O)O)C(C(=O)O)C(F)(F)C(C)F. The Hall–Kier alpha value is -1.27. The van der Waals surface area contributed by atoms with Gasteiger partial charge in [-0.2, -0.15) is 0 Å². The van der Waals surface area contributed by atoms with Crippen LogP contribution in [0.2, 0.25) is 0 Å². The summed E-state index contributed by atoms with van der Waals surface area (Å²) < 4.78 is 40.3. The van der Waals surface area contributed by atoms with Crippen LogP contribution in [0, 0.1) is 11.3 Å². The van der Waals surface area contributed by atoms with Gasteiger partial charge in [-0.1, -0.05) is 13.8 Å². The van der Waals surface area contributed by atoms with Crippen LogP contribution in [0.3, 0.4) is 0 Å². The number of rotatable bonds is 7. The molecule has 2 N–H and O–H groups in total. The van der Waals surface area contributed by atoms with Crippen LogP contribution in [-0.4, -0.2) is 34.2 Å². The first kappa shape index (κ1) is 16.7. The monoisotopic (exact) mass is 270 g/mol. The van der Waals surface area contributed by atoms with E-state index in [1.165, 1.54) is 13.8 Å². The highest BCUT2D eigenvalue weighted by molar-refractivity contribution is 5.84. The summed E-state index contributed by atoms with van der Waals surface area (Å²) >= 11 is 0. The van der Waals surface area contributed by atoms with Gasteiger partial charge in [-0.3, -0.25) is 9.59 Å². The Kier molecular flexibility index (Phi) is 5.19. The Morgan fingerprint density at radius 1 is 1.17 bits per heavy atom. The molecule has 0 radical (unpaired) electrons. The number of carboxylic acid groups (broad SMARTS) is 2. The maximum Gasteiger partial charge on any atom is 0.313 e. The fourth-order valence-electron chi connectivity index (χ4n) is 2.08. The third kappa shape index (κ3) is 2.59. The lowest BCUT2D eigenvalue weighted by molar-refractivity contribution is -0.197. The molecule has 0 aromatic carbocycles. The lowest BCUT2D eigenvalue weighted by atomic mass is 9.67. The van der Waals surface area contributed by atoms with Crippen molar-refractivity contribution in [3.63, 3.8) is 0 Å². The van der Waals surface area contributed by atoms with Crippen LogP contribution in [0.1, 0.15) is 33.6 Å². The zero-order valence-electron chi connectivity index (χ0n) is 10.4. The summed E-state index contributed by atoms with van der Waals surface area (Å²) in [4.78, 5) is 22.2. The molecule has 0 amide bonds. The summed E-state index contributed by atoms with van der Waals surface area (Å²) in [5.41, 5.74) is -2.18. The summed E-state index contributed by atoms with van der Waals surface area (Å²) in [5.74, 6) is -10.5. The van der Waals surface area contributed by atoms with Gasteiger partial charge in [-0.25, -0.2) is 13.2 Å². The van der Waals surface area contributed by atoms with Gasteiger partial charge in [0.2, 0.25) is 0 Å². The van der Waals surface area contributed by atoms with Crippen LogP contribution in [0.4, 0.5) is 13.2 Å². The maximum atomic E-state index is 13.7. The first-order valence-corrected chi connectivity index (χ1v) is 5.56. The molecule has 0 aliphatic rings. The molecule has 4 nitrogen and oxygen atoms in total. The first-order chi connectivity index (χ1) is 8.07. The van der Waals surface area contributed by atoms with Gasteiger partial charge < -0.3 is 10.2 Å². The molecule has 0 aliphatic carbocycles. The molecule has 0 heterocycles. The second-order valence-corrected chi connectivity index (χ2v) is 4.23. The van der Waals surface area contributed by atoms with Gasteiger partial charge in [0.25, 0.3) is 5.92 Å². The minimum absolute atomic E-state index is 0.321. The maximum absolute atomic E-state index is 13.7. The van der Waals surface area contributed by atoms with Crippen LogP contribution >= 0.6 is 0 Å². The van der Waals surface area contributed by atoms with Crippen molar-refractivity contribution in [2.75, 3.05) is 0 Å². The number of hydrogen-bond acceptors (Lipinski definition) is 2. The van der Waals surface area contributed by atoms with Crippen LogP contribution in [-0.2, 0) is 9.59 Å². The summed E-state index contributed by atoms with van der Waals surface area (Å²) in [6, 6.07) is 0. The molecule has 0 bridgehead atoms. The largest absolute Gasteiger partial charge is 0.481 e. The zero-order valence-corrected chi connectivity index (χ0v) is 10.4. The second-order valence-electron chi connectivity index (χ2n) is 4.23. The highest BCUT2D eigenvalue weighted by Crippen LogP contribution is 2.46. The van der Waals surface area contributed by atoms with E-state index in [-0.39, 0.29) is 12.8 Å². The molecular formula is C11H17F3O4. The standard InChI is InChI=1S/C11H17F3O4/c1-4-10(5-2,9(17)18)7(8(15)16)11(13,14)6(3)12/h6-7H,4-5H2,1-3H3,(H,15,16)(H,17,18). The normalized spacial score (nSPS) is 16.1. The van der Waals surface area contributed by atoms with Crippen molar-refractivity contribution in [3.8, 4) is 0 Å². The summed E-state index contributed by atoms with van der Waals surface area (Å²) in [6.07, 6.45) is -3.38. The van der Waals surface area contributed by atoms with Crippen molar-refractivity contribution >= 4 is 11.9 Å². The van der Waals surface area contributed by atoms with Crippen molar-refractivity contribution in [2.45, 2.75) is 45.7 Å². The van der Waals surface area contributed by atoms with Gasteiger partial charge in [0.15, 0.2) is 6.17 Å². The molecule has 0 saturated heterocycles.